The Labute approximate surface area is 165 Å². The molecule has 142 valence electrons. The molecule has 0 saturated carbocycles. The quantitative estimate of drug-likeness (QED) is 0.665. The molecule has 27 heavy (non-hydrogen) atoms. The van der Waals surface area contributed by atoms with E-state index in [0.717, 1.165) is 22.6 Å². The smallest absolute Gasteiger partial charge is 0.245 e. The first kappa shape index (κ1) is 19.2. The van der Waals surface area contributed by atoms with Crippen molar-refractivity contribution < 1.29 is 4.79 Å². The Balaban J connectivity index is 1.73. The van der Waals surface area contributed by atoms with Crippen LogP contribution < -0.4 is 5.32 Å². The number of amides is 1. The fourth-order valence-corrected chi connectivity index (χ4v) is 3.37. The summed E-state index contributed by atoms with van der Waals surface area (Å²) >= 11 is 6.25. The Kier molecular flexibility index (Phi) is 5.71. The van der Waals surface area contributed by atoms with Crippen LogP contribution in [-0.4, -0.2) is 20.3 Å². The molecule has 0 bridgehead atoms. The summed E-state index contributed by atoms with van der Waals surface area (Å²) in [4.78, 5) is 12.9. The zero-order valence-electron chi connectivity index (χ0n) is 16.1. The van der Waals surface area contributed by atoms with Crippen LogP contribution in [0.2, 0.25) is 5.02 Å². The van der Waals surface area contributed by atoms with Gasteiger partial charge < -0.3 is 9.88 Å². The van der Waals surface area contributed by atoms with E-state index < -0.39 is 0 Å². The molecule has 1 amide bonds. The molecule has 1 aromatic carbocycles. The van der Waals surface area contributed by atoms with Gasteiger partial charge in [0.1, 0.15) is 6.04 Å². The normalized spacial score (nSPS) is 13.4. The van der Waals surface area contributed by atoms with Crippen LogP contribution in [0, 0.1) is 13.8 Å². The summed E-state index contributed by atoms with van der Waals surface area (Å²) in [7, 11) is 0. The van der Waals surface area contributed by atoms with Crippen LogP contribution in [-0.2, 0) is 4.79 Å². The van der Waals surface area contributed by atoms with Gasteiger partial charge in [0.2, 0.25) is 5.91 Å². The van der Waals surface area contributed by atoms with Crippen molar-refractivity contribution in [3.63, 3.8) is 0 Å². The number of nitrogens with one attached hydrogen (secondary N) is 1. The second-order valence-electron chi connectivity index (χ2n) is 6.77. The topological polar surface area (TPSA) is 51.9 Å². The zero-order chi connectivity index (χ0) is 19.6. The van der Waals surface area contributed by atoms with Gasteiger partial charge in [0.25, 0.3) is 0 Å². The molecule has 0 spiro atoms. The molecule has 5 nitrogen and oxygen atoms in total. The summed E-state index contributed by atoms with van der Waals surface area (Å²) < 4.78 is 3.78. The van der Waals surface area contributed by atoms with Crippen molar-refractivity contribution in [2.75, 3.05) is 0 Å². The maximum Gasteiger partial charge on any atom is 0.245 e. The van der Waals surface area contributed by atoms with Gasteiger partial charge in [-0.3, -0.25) is 9.48 Å². The zero-order valence-corrected chi connectivity index (χ0v) is 16.9. The fraction of sp³-hybridized carbons (Fsp3) is 0.333. The van der Waals surface area contributed by atoms with Gasteiger partial charge in [-0.15, -0.1) is 0 Å². The first-order chi connectivity index (χ1) is 12.9. The molecule has 0 aliphatic heterocycles. The molecular weight excluding hydrogens is 360 g/mol. The third kappa shape index (κ3) is 3.93. The lowest BCUT2D eigenvalue weighted by Crippen LogP contribution is -2.35. The molecule has 2 atom stereocenters. The average Bonchev–Trinajstić information content (AvgIpc) is 3.28. The van der Waals surface area contributed by atoms with Crippen LogP contribution in [0.3, 0.4) is 0 Å². The molecule has 0 fully saturated rings. The first-order valence-corrected chi connectivity index (χ1v) is 9.55. The fourth-order valence-electron chi connectivity index (χ4n) is 3.25. The van der Waals surface area contributed by atoms with Gasteiger partial charge in [-0.25, -0.2) is 0 Å². The summed E-state index contributed by atoms with van der Waals surface area (Å²) in [6.07, 6.45) is 4.65. The van der Waals surface area contributed by atoms with Crippen LogP contribution in [0.1, 0.15) is 49.3 Å². The van der Waals surface area contributed by atoms with Crippen LogP contribution in [0.25, 0.3) is 5.69 Å². The molecule has 2 unspecified atom stereocenters. The van der Waals surface area contributed by atoms with Crippen molar-refractivity contribution in [2.24, 2.45) is 0 Å². The molecule has 3 aromatic rings. The predicted octanol–water partition coefficient (Wildman–Crippen LogP) is 4.77. The number of rotatable bonds is 6. The van der Waals surface area contributed by atoms with Crippen LogP contribution in [0.5, 0.6) is 0 Å². The van der Waals surface area contributed by atoms with Gasteiger partial charge in [0.05, 0.1) is 22.5 Å². The standard InChI is InChI=1S/C21H25ClN4O/c1-5-19(26-16(4)20(22)15(3)24-26)21(27)23-14(2)17-8-10-18(11-9-17)25-12-6-7-13-25/h6-14,19H,5H2,1-4H3,(H,23,27). The van der Waals surface area contributed by atoms with E-state index in [1.807, 2.05) is 68.9 Å². The Morgan fingerprint density at radius 1 is 1.19 bits per heavy atom. The lowest BCUT2D eigenvalue weighted by Gasteiger charge is -2.21. The number of carbonyl (C=O) groups excluding carboxylic acids is 1. The van der Waals surface area contributed by atoms with Crippen LogP contribution in [0.4, 0.5) is 0 Å². The molecule has 0 aliphatic rings. The third-order valence-electron chi connectivity index (χ3n) is 4.88. The minimum absolute atomic E-state index is 0.0539. The number of aryl methyl sites for hydroxylation is 1. The molecular formula is C21H25ClN4O. The van der Waals surface area contributed by atoms with Crippen molar-refractivity contribution in [1.29, 1.82) is 0 Å². The highest BCUT2D eigenvalue weighted by Crippen LogP contribution is 2.25. The number of nitrogens with zero attached hydrogens (tertiary/aromatic N) is 3. The summed E-state index contributed by atoms with van der Waals surface area (Å²) in [6, 6.07) is 11.7. The Hall–Kier alpha value is -2.53. The lowest BCUT2D eigenvalue weighted by molar-refractivity contribution is -0.125. The van der Waals surface area contributed by atoms with Gasteiger partial charge >= 0.3 is 0 Å². The van der Waals surface area contributed by atoms with E-state index in [9.17, 15) is 4.79 Å². The van der Waals surface area contributed by atoms with Crippen molar-refractivity contribution in [3.05, 3.63) is 70.8 Å². The molecule has 2 aromatic heterocycles. The summed E-state index contributed by atoms with van der Waals surface area (Å²) in [5, 5.41) is 8.17. The lowest BCUT2D eigenvalue weighted by atomic mass is 10.1. The van der Waals surface area contributed by atoms with E-state index in [2.05, 4.69) is 22.5 Å². The van der Waals surface area contributed by atoms with Crippen molar-refractivity contribution in [1.82, 2.24) is 19.7 Å². The van der Waals surface area contributed by atoms with Crippen molar-refractivity contribution in [3.8, 4) is 5.69 Å². The van der Waals surface area contributed by atoms with E-state index in [1.165, 1.54) is 0 Å². The van der Waals surface area contributed by atoms with E-state index in [1.54, 1.807) is 4.68 Å². The van der Waals surface area contributed by atoms with Gasteiger partial charge in [0, 0.05) is 18.1 Å². The number of aromatic nitrogens is 3. The maximum absolute atomic E-state index is 12.9. The first-order valence-electron chi connectivity index (χ1n) is 9.17. The molecule has 0 aliphatic carbocycles. The second-order valence-corrected chi connectivity index (χ2v) is 7.14. The monoisotopic (exact) mass is 384 g/mol. The summed E-state index contributed by atoms with van der Waals surface area (Å²) in [5.74, 6) is -0.0539. The van der Waals surface area contributed by atoms with E-state index in [0.29, 0.717) is 11.4 Å². The van der Waals surface area contributed by atoms with Gasteiger partial charge in [-0.05, 0) is 57.0 Å². The van der Waals surface area contributed by atoms with Gasteiger partial charge in [-0.2, -0.15) is 5.10 Å². The minimum Gasteiger partial charge on any atom is -0.348 e. The number of hydrogen-bond donors (Lipinski definition) is 1. The highest BCUT2D eigenvalue weighted by Gasteiger charge is 2.24. The van der Waals surface area contributed by atoms with Gasteiger partial charge in [-0.1, -0.05) is 30.7 Å². The number of hydrogen-bond acceptors (Lipinski definition) is 2. The molecule has 0 saturated heterocycles. The molecule has 1 N–H and O–H groups in total. The van der Waals surface area contributed by atoms with E-state index in [4.69, 9.17) is 11.6 Å². The molecule has 2 heterocycles. The van der Waals surface area contributed by atoms with E-state index >= 15 is 0 Å². The SMILES string of the molecule is CCC(C(=O)NC(C)c1ccc(-n2cccc2)cc1)n1nc(C)c(Cl)c1C. The molecule has 6 heteroatoms. The third-order valence-corrected chi connectivity index (χ3v) is 5.42. The number of halogens is 1. The predicted molar refractivity (Wildman–Crippen MR) is 108 cm³/mol. The summed E-state index contributed by atoms with van der Waals surface area (Å²) in [5.41, 5.74) is 3.71. The average molecular weight is 385 g/mol. The Morgan fingerprint density at radius 2 is 1.81 bits per heavy atom. The largest absolute Gasteiger partial charge is 0.348 e. The van der Waals surface area contributed by atoms with Crippen molar-refractivity contribution in [2.45, 2.75) is 46.2 Å². The Bertz CT molecular complexity index is 913. The second kappa shape index (κ2) is 8.01. The van der Waals surface area contributed by atoms with Crippen LogP contribution in [0.15, 0.2) is 48.8 Å². The summed E-state index contributed by atoms with van der Waals surface area (Å²) in [6.45, 7) is 7.71. The number of benzene rings is 1. The molecule has 3 rings (SSSR count). The number of carbonyl (C=O) groups is 1. The molecule has 0 radical (unpaired) electrons. The van der Waals surface area contributed by atoms with Gasteiger partial charge in [0.15, 0.2) is 0 Å². The van der Waals surface area contributed by atoms with E-state index in [-0.39, 0.29) is 18.0 Å². The minimum atomic E-state index is -0.377. The Morgan fingerprint density at radius 3 is 2.33 bits per heavy atom. The highest BCUT2D eigenvalue weighted by molar-refractivity contribution is 6.31. The maximum atomic E-state index is 12.9. The highest BCUT2D eigenvalue weighted by atomic mass is 35.5. The van der Waals surface area contributed by atoms with Crippen molar-refractivity contribution >= 4 is 17.5 Å². The van der Waals surface area contributed by atoms with Crippen LogP contribution >= 0.6 is 11.6 Å².